The third-order valence-corrected chi connectivity index (χ3v) is 7.02. The maximum Gasteiger partial charge on any atom is 0.308 e. The van der Waals surface area contributed by atoms with E-state index in [0.29, 0.717) is 28.8 Å². The summed E-state index contributed by atoms with van der Waals surface area (Å²) in [6.45, 7) is 7.58. The number of amides is 1. The van der Waals surface area contributed by atoms with Gasteiger partial charge in [-0.1, -0.05) is 57.3 Å². The van der Waals surface area contributed by atoms with Gasteiger partial charge in [-0.25, -0.2) is 4.68 Å². The first-order valence-electron chi connectivity index (χ1n) is 12.3. The lowest BCUT2D eigenvalue weighted by atomic mass is 9.75. The third kappa shape index (κ3) is 8.10. The molecular weight excluding hydrogens is 521 g/mol. The Morgan fingerprint density at radius 3 is 2.49 bits per heavy atom. The summed E-state index contributed by atoms with van der Waals surface area (Å²) in [5.74, 6) is -2.37. The Hall–Kier alpha value is -2.78. The first-order chi connectivity index (χ1) is 17.4. The predicted molar refractivity (Wildman–Crippen MR) is 143 cm³/mol. The standard InChI is InChI=1S/C26H35Cl2N3O6/c1-6-8-11-37-23(33)16(3)12-17(24(34)36-5)15-26(4,7-2)25(35)29-21-14-22(32)31(30-21)20-13-18(27)9-10-19(20)28/h9-10,13-14,16-17,30H,6-8,11-12,15H2,1-5H3,(H,29,35). The molecular formula is C26H35Cl2N3O6. The Kier molecular flexibility index (Phi) is 11.3. The first kappa shape index (κ1) is 30.4. The molecule has 0 aliphatic heterocycles. The molecule has 2 rings (SSSR count). The fraction of sp³-hybridized carbons (Fsp3) is 0.538. The number of aromatic amines is 1. The van der Waals surface area contributed by atoms with Gasteiger partial charge in [0, 0.05) is 16.5 Å². The van der Waals surface area contributed by atoms with Gasteiger partial charge in [-0.2, -0.15) is 0 Å². The average Bonchev–Trinajstić information content (AvgIpc) is 3.23. The number of nitrogens with one attached hydrogen (secondary N) is 2. The van der Waals surface area contributed by atoms with E-state index < -0.39 is 34.7 Å². The van der Waals surface area contributed by atoms with Crippen LogP contribution in [-0.2, 0) is 23.9 Å². The fourth-order valence-corrected chi connectivity index (χ4v) is 4.29. The zero-order valence-electron chi connectivity index (χ0n) is 21.9. The zero-order chi connectivity index (χ0) is 27.8. The molecule has 1 aromatic heterocycles. The number of hydrogen-bond acceptors (Lipinski definition) is 6. The number of nitrogens with zero attached hydrogens (tertiary/aromatic N) is 1. The Bertz CT molecular complexity index is 1160. The largest absolute Gasteiger partial charge is 0.469 e. The van der Waals surface area contributed by atoms with Gasteiger partial charge < -0.3 is 14.8 Å². The molecule has 0 saturated carbocycles. The molecule has 1 amide bonds. The normalized spacial score (nSPS) is 14.4. The summed E-state index contributed by atoms with van der Waals surface area (Å²) in [4.78, 5) is 50.9. The van der Waals surface area contributed by atoms with Crippen LogP contribution in [-0.4, -0.2) is 41.3 Å². The van der Waals surface area contributed by atoms with Crippen molar-refractivity contribution in [2.75, 3.05) is 19.0 Å². The maximum absolute atomic E-state index is 13.4. The minimum atomic E-state index is -1.00. The molecule has 9 nitrogen and oxygen atoms in total. The summed E-state index contributed by atoms with van der Waals surface area (Å²) in [6, 6.07) is 5.92. The van der Waals surface area contributed by atoms with Crippen LogP contribution in [0, 0.1) is 17.3 Å². The molecule has 3 atom stereocenters. The number of benzene rings is 1. The average molecular weight is 556 g/mol. The molecule has 204 valence electrons. The van der Waals surface area contributed by atoms with Gasteiger partial charge in [0.05, 0.1) is 36.3 Å². The summed E-state index contributed by atoms with van der Waals surface area (Å²) >= 11 is 12.2. The van der Waals surface area contributed by atoms with Crippen molar-refractivity contribution in [3.05, 3.63) is 44.7 Å². The molecule has 0 fully saturated rings. The topological polar surface area (TPSA) is 119 Å². The van der Waals surface area contributed by atoms with Crippen LogP contribution in [0.3, 0.4) is 0 Å². The highest BCUT2D eigenvalue weighted by Crippen LogP contribution is 2.35. The Labute approximate surface area is 226 Å². The van der Waals surface area contributed by atoms with E-state index in [1.54, 1.807) is 26.0 Å². The van der Waals surface area contributed by atoms with Crippen LogP contribution >= 0.6 is 23.2 Å². The minimum Gasteiger partial charge on any atom is -0.469 e. The molecule has 37 heavy (non-hydrogen) atoms. The number of unbranched alkanes of at least 4 members (excludes halogenated alkanes) is 1. The summed E-state index contributed by atoms with van der Waals surface area (Å²) in [5.41, 5.74) is -1.11. The van der Waals surface area contributed by atoms with Crippen LogP contribution in [0.4, 0.5) is 5.82 Å². The van der Waals surface area contributed by atoms with Gasteiger partial charge >= 0.3 is 11.9 Å². The van der Waals surface area contributed by atoms with Crippen molar-refractivity contribution in [3.8, 4) is 5.69 Å². The summed E-state index contributed by atoms with van der Waals surface area (Å²) in [5, 5.41) is 6.25. The van der Waals surface area contributed by atoms with Crippen LogP contribution < -0.4 is 10.9 Å². The molecule has 1 aromatic carbocycles. The highest BCUT2D eigenvalue weighted by Gasteiger charge is 2.38. The van der Waals surface area contributed by atoms with E-state index in [2.05, 4.69) is 10.4 Å². The first-order valence-corrected chi connectivity index (χ1v) is 13.0. The predicted octanol–water partition coefficient (Wildman–Crippen LogP) is 5.38. The second-order valence-electron chi connectivity index (χ2n) is 9.39. The number of halogens is 2. The molecule has 1 heterocycles. The smallest absolute Gasteiger partial charge is 0.308 e. The summed E-state index contributed by atoms with van der Waals surface area (Å²) in [7, 11) is 1.28. The molecule has 0 saturated heterocycles. The highest BCUT2D eigenvalue weighted by molar-refractivity contribution is 6.34. The molecule has 2 N–H and O–H groups in total. The number of rotatable bonds is 13. The van der Waals surface area contributed by atoms with Gasteiger partial charge in [-0.05, 0) is 43.9 Å². The van der Waals surface area contributed by atoms with Gasteiger partial charge in [-0.3, -0.25) is 24.3 Å². The minimum absolute atomic E-state index is 0.139. The van der Waals surface area contributed by atoms with Crippen LogP contribution in [0.5, 0.6) is 0 Å². The fourth-order valence-electron chi connectivity index (χ4n) is 3.92. The number of carbonyl (C=O) groups excluding carboxylic acids is 3. The van der Waals surface area contributed by atoms with E-state index in [1.165, 1.54) is 23.9 Å². The van der Waals surface area contributed by atoms with Crippen LogP contribution in [0.1, 0.15) is 59.8 Å². The number of H-pyrrole nitrogens is 1. The summed E-state index contributed by atoms with van der Waals surface area (Å²) < 4.78 is 11.4. The van der Waals surface area contributed by atoms with Gasteiger partial charge in [0.2, 0.25) is 5.91 Å². The van der Waals surface area contributed by atoms with Gasteiger partial charge in [0.1, 0.15) is 5.82 Å². The van der Waals surface area contributed by atoms with Gasteiger partial charge in [0.25, 0.3) is 5.56 Å². The molecule has 0 aliphatic rings. The molecule has 3 unspecified atom stereocenters. The van der Waals surface area contributed by atoms with Crippen LogP contribution in [0.15, 0.2) is 29.1 Å². The Morgan fingerprint density at radius 1 is 1.16 bits per heavy atom. The highest BCUT2D eigenvalue weighted by atomic mass is 35.5. The van der Waals surface area contributed by atoms with E-state index in [9.17, 15) is 19.2 Å². The van der Waals surface area contributed by atoms with Crippen molar-refractivity contribution < 1.29 is 23.9 Å². The van der Waals surface area contributed by atoms with E-state index >= 15 is 0 Å². The van der Waals surface area contributed by atoms with Gasteiger partial charge in [-0.15, -0.1) is 0 Å². The monoisotopic (exact) mass is 555 g/mol. The zero-order valence-corrected chi connectivity index (χ0v) is 23.4. The maximum atomic E-state index is 13.4. The number of carbonyl (C=O) groups is 3. The van der Waals surface area contributed by atoms with Crippen molar-refractivity contribution in [1.29, 1.82) is 0 Å². The molecule has 0 bridgehead atoms. The lowest BCUT2D eigenvalue weighted by Gasteiger charge is -2.30. The van der Waals surface area contributed by atoms with Gasteiger partial charge in [0.15, 0.2) is 0 Å². The van der Waals surface area contributed by atoms with E-state index in [4.69, 9.17) is 32.7 Å². The lowest BCUT2D eigenvalue weighted by molar-refractivity contribution is -0.152. The molecule has 11 heteroatoms. The number of esters is 2. The SMILES string of the molecule is CCCCOC(=O)C(C)CC(CC(C)(CC)C(=O)Nc1cc(=O)n(-c2cc(Cl)ccc2Cl)[nH]1)C(=O)OC. The van der Waals surface area contributed by atoms with Crippen molar-refractivity contribution in [2.45, 2.75) is 59.8 Å². The number of aromatic nitrogens is 2. The second kappa shape index (κ2) is 13.7. The van der Waals surface area contributed by atoms with Crippen molar-refractivity contribution in [3.63, 3.8) is 0 Å². The number of ether oxygens (including phenoxy) is 2. The van der Waals surface area contributed by atoms with Crippen molar-refractivity contribution in [2.24, 2.45) is 17.3 Å². The molecule has 0 radical (unpaired) electrons. The molecule has 0 aliphatic carbocycles. The quantitative estimate of drug-likeness (QED) is 0.253. The number of hydrogen-bond donors (Lipinski definition) is 2. The lowest BCUT2D eigenvalue weighted by Crippen LogP contribution is -2.37. The Morgan fingerprint density at radius 2 is 1.86 bits per heavy atom. The van der Waals surface area contributed by atoms with E-state index in [-0.39, 0.29) is 24.6 Å². The number of anilines is 1. The van der Waals surface area contributed by atoms with Crippen LogP contribution in [0.2, 0.25) is 10.0 Å². The van der Waals surface area contributed by atoms with E-state index in [1.807, 2.05) is 13.8 Å². The Balaban J connectivity index is 2.20. The van der Waals surface area contributed by atoms with E-state index in [0.717, 1.165) is 12.8 Å². The van der Waals surface area contributed by atoms with Crippen LogP contribution in [0.25, 0.3) is 5.69 Å². The van der Waals surface area contributed by atoms with Crippen molar-refractivity contribution >= 4 is 46.9 Å². The number of methoxy groups -OCH3 is 1. The molecule has 0 spiro atoms. The summed E-state index contributed by atoms with van der Waals surface area (Å²) in [6.07, 6.45) is 2.38. The second-order valence-corrected chi connectivity index (χ2v) is 10.2. The third-order valence-electron chi connectivity index (χ3n) is 6.46. The van der Waals surface area contributed by atoms with Crippen molar-refractivity contribution in [1.82, 2.24) is 9.78 Å². The molecule has 2 aromatic rings.